The van der Waals surface area contributed by atoms with Crippen LogP contribution in [0, 0.1) is 15.5 Å². The molecule has 128 valence electrons. The van der Waals surface area contributed by atoms with E-state index in [0.717, 1.165) is 0 Å². The molecule has 0 aromatic heterocycles. The minimum atomic E-state index is -3.13. The average molecular weight is 363 g/mol. The van der Waals surface area contributed by atoms with Crippen molar-refractivity contribution in [2.24, 2.45) is 5.41 Å². The Balaban J connectivity index is 2.14. The van der Waals surface area contributed by atoms with E-state index in [1.165, 1.54) is 24.5 Å². The number of non-ortho nitro benzene ring substituents is 1. The van der Waals surface area contributed by atoms with Gasteiger partial charge in [0.2, 0.25) is 0 Å². The molecular formula is C14H19ClN2O5S. The second-order valence-corrected chi connectivity index (χ2v) is 8.50. The number of halogens is 1. The molecule has 0 saturated carbocycles. The number of nitro groups is 1. The molecule has 0 atom stereocenters. The number of ether oxygens (including phenoxy) is 1. The Labute approximate surface area is 140 Å². The average Bonchev–Trinajstić information content (AvgIpc) is 2.45. The van der Waals surface area contributed by atoms with Crippen molar-refractivity contribution in [3.8, 4) is 0 Å². The first kappa shape index (κ1) is 18.0. The Morgan fingerprint density at radius 3 is 2.57 bits per heavy atom. The summed E-state index contributed by atoms with van der Waals surface area (Å²) in [6.07, 6.45) is 2.50. The molecule has 0 spiro atoms. The van der Waals surface area contributed by atoms with E-state index in [1.54, 1.807) is 0 Å². The highest BCUT2D eigenvalue weighted by Crippen LogP contribution is 2.34. The molecule has 1 N–H and O–H groups in total. The van der Waals surface area contributed by atoms with Crippen molar-refractivity contribution in [1.82, 2.24) is 0 Å². The lowest BCUT2D eigenvalue weighted by Crippen LogP contribution is -2.41. The van der Waals surface area contributed by atoms with Gasteiger partial charge in [0.05, 0.1) is 21.4 Å². The molecule has 2 rings (SSSR count). The fourth-order valence-corrected chi connectivity index (χ4v) is 4.52. The topological polar surface area (TPSA) is 98.5 Å². The van der Waals surface area contributed by atoms with E-state index < -0.39 is 20.2 Å². The molecular weight excluding hydrogens is 344 g/mol. The van der Waals surface area contributed by atoms with Crippen LogP contribution < -0.4 is 5.32 Å². The molecule has 0 unspecified atom stereocenters. The standard InChI is InChI=1S/C14H19ClN2O5S/c1-23(20,21)10-14(4-6-22-7-5-14)9-16-13-3-2-11(17(18)19)8-12(13)15/h2-3,8,16H,4-7,9-10H2,1H3. The van der Waals surface area contributed by atoms with Crippen molar-refractivity contribution < 1.29 is 18.1 Å². The van der Waals surface area contributed by atoms with E-state index in [0.29, 0.717) is 38.3 Å². The molecule has 1 aromatic carbocycles. The van der Waals surface area contributed by atoms with Crippen LogP contribution >= 0.6 is 11.6 Å². The van der Waals surface area contributed by atoms with Gasteiger partial charge in [-0.1, -0.05) is 11.6 Å². The van der Waals surface area contributed by atoms with Gasteiger partial charge >= 0.3 is 0 Å². The number of nitrogens with one attached hydrogen (secondary N) is 1. The largest absolute Gasteiger partial charge is 0.383 e. The van der Waals surface area contributed by atoms with Gasteiger partial charge in [0.1, 0.15) is 9.84 Å². The predicted molar refractivity (Wildman–Crippen MR) is 88.8 cm³/mol. The van der Waals surface area contributed by atoms with Gasteiger partial charge in [0.15, 0.2) is 0 Å². The highest BCUT2D eigenvalue weighted by Gasteiger charge is 2.36. The Hall–Kier alpha value is -1.38. The van der Waals surface area contributed by atoms with Crippen LogP contribution in [0.15, 0.2) is 18.2 Å². The third kappa shape index (κ3) is 5.05. The van der Waals surface area contributed by atoms with E-state index in [1.807, 2.05) is 0 Å². The summed E-state index contributed by atoms with van der Waals surface area (Å²) < 4.78 is 28.8. The van der Waals surface area contributed by atoms with Crippen LogP contribution in [0.2, 0.25) is 5.02 Å². The predicted octanol–water partition coefficient (Wildman–Crippen LogP) is 2.50. The molecule has 7 nitrogen and oxygen atoms in total. The van der Waals surface area contributed by atoms with Gasteiger partial charge < -0.3 is 10.1 Å². The Morgan fingerprint density at radius 1 is 1.39 bits per heavy atom. The Morgan fingerprint density at radius 2 is 2.04 bits per heavy atom. The molecule has 9 heteroatoms. The molecule has 0 aliphatic carbocycles. The maximum Gasteiger partial charge on any atom is 0.271 e. The molecule has 1 aromatic rings. The third-order valence-electron chi connectivity index (χ3n) is 3.94. The minimum absolute atomic E-state index is 0.0704. The summed E-state index contributed by atoms with van der Waals surface area (Å²) in [5.74, 6) is 0.0704. The van der Waals surface area contributed by atoms with E-state index in [4.69, 9.17) is 16.3 Å². The van der Waals surface area contributed by atoms with E-state index >= 15 is 0 Å². The summed E-state index contributed by atoms with van der Waals surface area (Å²) in [5, 5.41) is 14.1. The zero-order chi connectivity index (χ0) is 17.1. The third-order valence-corrected chi connectivity index (χ3v) is 5.39. The van der Waals surface area contributed by atoms with Crippen molar-refractivity contribution in [3.63, 3.8) is 0 Å². The number of nitro benzene ring substituents is 1. The highest BCUT2D eigenvalue weighted by molar-refractivity contribution is 7.90. The molecule has 0 bridgehead atoms. The van der Waals surface area contributed by atoms with Gasteiger partial charge in [-0.05, 0) is 18.9 Å². The van der Waals surface area contributed by atoms with Gasteiger partial charge in [0.25, 0.3) is 5.69 Å². The SMILES string of the molecule is CS(=O)(=O)CC1(CNc2ccc([N+](=O)[O-])cc2Cl)CCOCC1. The summed E-state index contributed by atoms with van der Waals surface area (Å²) in [4.78, 5) is 10.2. The maximum absolute atomic E-state index is 11.7. The quantitative estimate of drug-likeness (QED) is 0.616. The van der Waals surface area contributed by atoms with Crippen LogP contribution in [0.25, 0.3) is 0 Å². The van der Waals surface area contributed by atoms with E-state index in [2.05, 4.69) is 5.32 Å². The summed E-state index contributed by atoms with van der Waals surface area (Å²) in [6, 6.07) is 4.17. The number of rotatable bonds is 6. The summed E-state index contributed by atoms with van der Waals surface area (Å²) >= 11 is 6.06. The van der Waals surface area contributed by atoms with Gasteiger partial charge in [0, 0.05) is 43.6 Å². The second kappa shape index (κ2) is 7.02. The molecule has 0 amide bonds. The summed E-state index contributed by atoms with van der Waals surface area (Å²) in [7, 11) is -3.13. The van der Waals surface area contributed by atoms with Crippen molar-refractivity contribution >= 4 is 32.8 Å². The Kier molecular flexibility index (Phi) is 5.49. The van der Waals surface area contributed by atoms with Gasteiger partial charge in [-0.15, -0.1) is 0 Å². The summed E-state index contributed by atoms with van der Waals surface area (Å²) in [5.41, 5.74) is 0.0471. The van der Waals surface area contributed by atoms with Crippen molar-refractivity contribution in [3.05, 3.63) is 33.3 Å². The molecule has 1 aliphatic rings. The van der Waals surface area contributed by atoms with E-state index in [-0.39, 0.29) is 16.5 Å². The van der Waals surface area contributed by atoms with Crippen LogP contribution in [0.5, 0.6) is 0 Å². The molecule has 1 fully saturated rings. The fourth-order valence-electron chi connectivity index (χ4n) is 2.78. The van der Waals surface area contributed by atoms with Crippen LogP contribution in [0.1, 0.15) is 12.8 Å². The van der Waals surface area contributed by atoms with Crippen molar-refractivity contribution in [1.29, 1.82) is 0 Å². The lowest BCUT2D eigenvalue weighted by Gasteiger charge is -2.37. The smallest absolute Gasteiger partial charge is 0.271 e. The van der Waals surface area contributed by atoms with Crippen LogP contribution in [-0.2, 0) is 14.6 Å². The number of anilines is 1. The second-order valence-electron chi connectivity index (χ2n) is 5.96. The lowest BCUT2D eigenvalue weighted by molar-refractivity contribution is -0.384. The number of nitrogens with zero attached hydrogens (tertiary/aromatic N) is 1. The monoisotopic (exact) mass is 362 g/mol. The van der Waals surface area contributed by atoms with E-state index in [9.17, 15) is 18.5 Å². The number of benzene rings is 1. The molecule has 1 heterocycles. The normalized spacial score (nSPS) is 17.7. The molecule has 1 saturated heterocycles. The number of sulfone groups is 1. The van der Waals surface area contributed by atoms with Crippen LogP contribution in [-0.4, -0.2) is 45.1 Å². The van der Waals surface area contributed by atoms with Crippen LogP contribution in [0.3, 0.4) is 0 Å². The first-order chi connectivity index (χ1) is 10.7. The molecule has 0 radical (unpaired) electrons. The highest BCUT2D eigenvalue weighted by atomic mass is 35.5. The molecule has 1 aliphatic heterocycles. The maximum atomic E-state index is 11.7. The molecule has 23 heavy (non-hydrogen) atoms. The first-order valence-corrected chi connectivity index (χ1v) is 9.58. The number of hydrogen-bond acceptors (Lipinski definition) is 6. The van der Waals surface area contributed by atoms with Gasteiger partial charge in [-0.2, -0.15) is 0 Å². The fraction of sp³-hybridized carbons (Fsp3) is 0.571. The lowest BCUT2D eigenvalue weighted by atomic mass is 9.82. The zero-order valence-electron chi connectivity index (χ0n) is 12.7. The van der Waals surface area contributed by atoms with Crippen LogP contribution in [0.4, 0.5) is 11.4 Å². The number of hydrogen-bond donors (Lipinski definition) is 1. The van der Waals surface area contributed by atoms with Gasteiger partial charge in [-0.3, -0.25) is 10.1 Å². The Bertz CT molecular complexity index is 686. The first-order valence-electron chi connectivity index (χ1n) is 7.14. The minimum Gasteiger partial charge on any atom is -0.383 e. The zero-order valence-corrected chi connectivity index (χ0v) is 14.3. The summed E-state index contributed by atoms with van der Waals surface area (Å²) in [6.45, 7) is 1.46. The van der Waals surface area contributed by atoms with Crippen molar-refractivity contribution in [2.45, 2.75) is 12.8 Å². The van der Waals surface area contributed by atoms with Crippen molar-refractivity contribution in [2.75, 3.05) is 37.1 Å². The van der Waals surface area contributed by atoms with Gasteiger partial charge in [-0.25, -0.2) is 8.42 Å².